The van der Waals surface area contributed by atoms with Gasteiger partial charge in [-0.05, 0) is 31.1 Å². The molecule has 1 amide bonds. The molecule has 3 heteroatoms. The first kappa shape index (κ1) is 13.5. The molecule has 0 bridgehead atoms. The molecule has 1 aliphatic rings. The Balaban J connectivity index is 2.15. The highest BCUT2D eigenvalue weighted by molar-refractivity contribution is 5.76. The SMILES string of the molecule is CCCC(N)CC(=O)NCC1(CCC)CC1. The van der Waals surface area contributed by atoms with Crippen LogP contribution in [0, 0.1) is 5.41 Å². The third-order valence-electron chi connectivity index (χ3n) is 3.51. The van der Waals surface area contributed by atoms with Gasteiger partial charge in [0.05, 0.1) is 0 Å². The number of nitrogens with one attached hydrogen (secondary N) is 1. The van der Waals surface area contributed by atoms with Gasteiger partial charge in [-0.1, -0.05) is 26.7 Å². The number of amides is 1. The van der Waals surface area contributed by atoms with Crippen molar-refractivity contribution in [2.45, 2.75) is 64.8 Å². The fraction of sp³-hybridized carbons (Fsp3) is 0.923. The third kappa shape index (κ3) is 4.52. The largest absolute Gasteiger partial charge is 0.355 e. The minimum Gasteiger partial charge on any atom is -0.355 e. The second kappa shape index (κ2) is 6.24. The van der Waals surface area contributed by atoms with Gasteiger partial charge in [0.25, 0.3) is 0 Å². The molecule has 1 saturated carbocycles. The van der Waals surface area contributed by atoms with Crippen LogP contribution in [0.15, 0.2) is 0 Å². The molecule has 0 aromatic carbocycles. The molecule has 0 spiro atoms. The van der Waals surface area contributed by atoms with Crippen molar-refractivity contribution >= 4 is 5.91 Å². The van der Waals surface area contributed by atoms with Gasteiger partial charge in [-0.3, -0.25) is 4.79 Å². The van der Waals surface area contributed by atoms with Gasteiger partial charge in [0.2, 0.25) is 5.91 Å². The van der Waals surface area contributed by atoms with Crippen molar-refractivity contribution < 1.29 is 4.79 Å². The van der Waals surface area contributed by atoms with Crippen LogP contribution in [0.2, 0.25) is 0 Å². The highest BCUT2D eigenvalue weighted by atomic mass is 16.1. The van der Waals surface area contributed by atoms with E-state index in [1.807, 2.05) is 0 Å². The lowest BCUT2D eigenvalue weighted by Crippen LogP contribution is -2.35. The number of hydrogen-bond donors (Lipinski definition) is 2. The first-order valence-corrected chi connectivity index (χ1v) is 6.64. The van der Waals surface area contributed by atoms with Crippen LogP contribution in [0.25, 0.3) is 0 Å². The molecule has 0 aliphatic heterocycles. The van der Waals surface area contributed by atoms with Gasteiger partial charge in [0.15, 0.2) is 0 Å². The van der Waals surface area contributed by atoms with Crippen LogP contribution >= 0.6 is 0 Å². The summed E-state index contributed by atoms with van der Waals surface area (Å²) >= 11 is 0. The van der Waals surface area contributed by atoms with Crippen LogP contribution in [0.3, 0.4) is 0 Å². The Hall–Kier alpha value is -0.570. The normalized spacial score (nSPS) is 19.2. The molecule has 1 rings (SSSR count). The number of nitrogens with two attached hydrogens (primary N) is 1. The molecule has 94 valence electrons. The van der Waals surface area contributed by atoms with Crippen molar-refractivity contribution in [2.75, 3.05) is 6.54 Å². The standard InChI is InChI=1S/C13H26N2O/c1-3-5-11(14)9-12(16)15-10-13(6-4-2)7-8-13/h11H,3-10,14H2,1-2H3,(H,15,16). The molecular weight excluding hydrogens is 200 g/mol. The minimum absolute atomic E-state index is 0.0336. The van der Waals surface area contributed by atoms with Crippen molar-refractivity contribution in [2.24, 2.45) is 11.1 Å². The summed E-state index contributed by atoms with van der Waals surface area (Å²) in [6.07, 6.45) is 7.49. The Morgan fingerprint density at radius 2 is 2.06 bits per heavy atom. The van der Waals surface area contributed by atoms with Gasteiger partial charge in [-0.25, -0.2) is 0 Å². The van der Waals surface area contributed by atoms with Crippen molar-refractivity contribution in [1.82, 2.24) is 5.32 Å². The van der Waals surface area contributed by atoms with Gasteiger partial charge in [0, 0.05) is 19.0 Å². The van der Waals surface area contributed by atoms with Gasteiger partial charge in [-0.15, -0.1) is 0 Å². The first-order chi connectivity index (χ1) is 7.62. The van der Waals surface area contributed by atoms with E-state index in [0.29, 0.717) is 11.8 Å². The maximum Gasteiger partial charge on any atom is 0.221 e. The van der Waals surface area contributed by atoms with Gasteiger partial charge in [0.1, 0.15) is 0 Å². The van der Waals surface area contributed by atoms with Crippen LogP contribution < -0.4 is 11.1 Å². The summed E-state index contributed by atoms with van der Waals surface area (Å²) < 4.78 is 0. The highest BCUT2D eigenvalue weighted by Crippen LogP contribution is 2.48. The number of carbonyl (C=O) groups is 1. The van der Waals surface area contributed by atoms with E-state index in [0.717, 1.165) is 19.4 Å². The average molecular weight is 226 g/mol. The van der Waals surface area contributed by atoms with E-state index in [2.05, 4.69) is 19.2 Å². The molecule has 0 aromatic rings. The lowest BCUT2D eigenvalue weighted by molar-refractivity contribution is -0.121. The Kier molecular flexibility index (Phi) is 5.26. The Labute approximate surface area is 99.2 Å². The molecule has 3 N–H and O–H groups in total. The van der Waals surface area contributed by atoms with Gasteiger partial charge < -0.3 is 11.1 Å². The van der Waals surface area contributed by atoms with E-state index < -0.39 is 0 Å². The molecular formula is C13H26N2O. The molecule has 0 aromatic heterocycles. The summed E-state index contributed by atoms with van der Waals surface area (Å²) in [7, 11) is 0. The van der Waals surface area contributed by atoms with E-state index in [-0.39, 0.29) is 11.9 Å². The maximum absolute atomic E-state index is 11.6. The summed E-state index contributed by atoms with van der Waals surface area (Å²) in [6, 6.07) is 0.0336. The van der Waals surface area contributed by atoms with Gasteiger partial charge >= 0.3 is 0 Å². The molecule has 3 nitrogen and oxygen atoms in total. The van der Waals surface area contributed by atoms with Crippen LogP contribution in [0.5, 0.6) is 0 Å². The van der Waals surface area contributed by atoms with Crippen LogP contribution in [-0.2, 0) is 4.79 Å². The minimum atomic E-state index is 0.0336. The van der Waals surface area contributed by atoms with Crippen molar-refractivity contribution in [3.63, 3.8) is 0 Å². The topological polar surface area (TPSA) is 55.1 Å². The molecule has 0 saturated heterocycles. The smallest absolute Gasteiger partial charge is 0.221 e. The van der Waals surface area contributed by atoms with Crippen molar-refractivity contribution in [3.05, 3.63) is 0 Å². The number of carbonyl (C=O) groups excluding carboxylic acids is 1. The molecule has 0 radical (unpaired) electrons. The summed E-state index contributed by atoms with van der Waals surface area (Å²) in [4.78, 5) is 11.6. The second-order valence-electron chi connectivity index (χ2n) is 5.28. The fourth-order valence-electron chi connectivity index (χ4n) is 2.29. The Morgan fingerprint density at radius 1 is 1.38 bits per heavy atom. The Morgan fingerprint density at radius 3 is 2.56 bits per heavy atom. The average Bonchev–Trinajstić information content (AvgIpc) is 2.97. The van der Waals surface area contributed by atoms with E-state index in [1.54, 1.807) is 0 Å². The Bertz CT molecular complexity index is 224. The predicted molar refractivity (Wildman–Crippen MR) is 67.1 cm³/mol. The predicted octanol–water partition coefficient (Wildman–Crippen LogP) is 2.20. The summed E-state index contributed by atoms with van der Waals surface area (Å²) in [5.74, 6) is 0.128. The molecule has 1 fully saturated rings. The molecule has 1 unspecified atom stereocenters. The zero-order valence-electron chi connectivity index (χ0n) is 10.7. The maximum atomic E-state index is 11.6. The zero-order chi connectivity index (χ0) is 12.0. The molecule has 1 atom stereocenters. The summed E-state index contributed by atoms with van der Waals surface area (Å²) in [5, 5.41) is 3.04. The molecule has 0 heterocycles. The lowest BCUT2D eigenvalue weighted by atomic mass is 10.0. The van der Waals surface area contributed by atoms with Gasteiger partial charge in [-0.2, -0.15) is 0 Å². The molecule has 1 aliphatic carbocycles. The van der Waals surface area contributed by atoms with E-state index in [9.17, 15) is 4.79 Å². The number of rotatable bonds is 8. The molecule has 16 heavy (non-hydrogen) atoms. The fourth-order valence-corrected chi connectivity index (χ4v) is 2.29. The first-order valence-electron chi connectivity index (χ1n) is 6.64. The quantitative estimate of drug-likeness (QED) is 0.666. The van der Waals surface area contributed by atoms with Crippen LogP contribution in [-0.4, -0.2) is 18.5 Å². The van der Waals surface area contributed by atoms with E-state index in [1.165, 1.54) is 25.7 Å². The third-order valence-corrected chi connectivity index (χ3v) is 3.51. The van der Waals surface area contributed by atoms with Crippen molar-refractivity contribution in [3.8, 4) is 0 Å². The lowest BCUT2D eigenvalue weighted by Gasteiger charge is -2.16. The van der Waals surface area contributed by atoms with E-state index >= 15 is 0 Å². The van der Waals surface area contributed by atoms with E-state index in [4.69, 9.17) is 5.73 Å². The summed E-state index contributed by atoms with van der Waals surface area (Å²) in [6.45, 7) is 5.16. The van der Waals surface area contributed by atoms with Crippen LogP contribution in [0.4, 0.5) is 0 Å². The second-order valence-corrected chi connectivity index (χ2v) is 5.28. The highest BCUT2D eigenvalue weighted by Gasteiger charge is 2.41. The van der Waals surface area contributed by atoms with Crippen molar-refractivity contribution in [1.29, 1.82) is 0 Å². The van der Waals surface area contributed by atoms with Crippen LogP contribution in [0.1, 0.15) is 58.8 Å². The summed E-state index contributed by atoms with van der Waals surface area (Å²) in [5.41, 5.74) is 6.28. The zero-order valence-corrected chi connectivity index (χ0v) is 10.7. The number of hydrogen-bond acceptors (Lipinski definition) is 2. The monoisotopic (exact) mass is 226 g/mol.